The molecule has 0 atom stereocenters. The van der Waals surface area contributed by atoms with E-state index in [0.717, 1.165) is 14.5 Å². The molecule has 3 heterocycles. The van der Waals surface area contributed by atoms with Crippen molar-refractivity contribution in [3.05, 3.63) is 67.0 Å². The maximum absolute atomic E-state index is 13.3. The van der Waals surface area contributed by atoms with Crippen LogP contribution in [0.2, 0.25) is 0 Å². The van der Waals surface area contributed by atoms with Crippen molar-refractivity contribution >= 4 is 22.5 Å². The van der Waals surface area contributed by atoms with E-state index in [9.17, 15) is 14.0 Å². The van der Waals surface area contributed by atoms with Crippen molar-refractivity contribution in [1.82, 2.24) is 19.1 Å². The number of fused-ring (bicyclic) bond motifs is 1. The molecule has 31 heavy (non-hydrogen) atoms. The lowest BCUT2D eigenvalue weighted by atomic mass is 10.3. The predicted octanol–water partition coefficient (Wildman–Crippen LogP) is 1.44. The number of imidazole rings is 1. The van der Waals surface area contributed by atoms with Gasteiger partial charge in [-0.15, -0.1) is 11.3 Å². The summed E-state index contributed by atoms with van der Waals surface area (Å²) in [5.74, 6) is -0.0352. The van der Waals surface area contributed by atoms with Gasteiger partial charge in [0.05, 0.1) is 0 Å². The number of benzene rings is 1. The fourth-order valence-electron chi connectivity index (χ4n) is 3.29. The maximum Gasteiger partial charge on any atom is 0.462 e. The first-order valence-electron chi connectivity index (χ1n) is 9.60. The summed E-state index contributed by atoms with van der Waals surface area (Å²) in [5.41, 5.74) is -0.464. The van der Waals surface area contributed by atoms with Gasteiger partial charge in [0.2, 0.25) is 0 Å². The molecular weight excluding hydrogens is 425 g/mol. The molecule has 0 aliphatic rings. The number of thiazole rings is 1. The summed E-state index contributed by atoms with van der Waals surface area (Å²) in [5, 5.41) is 9.89. The van der Waals surface area contributed by atoms with Crippen LogP contribution in [0.1, 0.15) is 16.3 Å². The van der Waals surface area contributed by atoms with Gasteiger partial charge in [-0.05, 0) is 37.6 Å². The lowest BCUT2D eigenvalue weighted by Gasteiger charge is -2.06. The van der Waals surface area contributed by atoms with Crippen molar-refractivity contribution in [1.29, 1.82) is 0 Å². The van der Waals surface area contributed by atoms with Gasteiger partial charge in [-0.2, -0.15) is 9.55 Å². The van der Waals surface area contributed by atoms with E-state index in [4.69, 9.17) is 9.84 Å². The van der Waals surface area contributed by atoms with Crippen LogP contribution in [-0.2, 0) is 20.1 Å². The number of ether oxygens (including phenoxy) is 1. The van der Waals surface area contributed by atoms with E-state index < -0.39 is 17.1 Å². The van der Waals surface area contributed by atoms with Gasteiger partial charge >= 0.3 is 17.3 Å². The number of hydrogen-bond acceptors (Lipinski definition) is 6. The molecule has 0 saturated heterocycles. The van der Waals surface area contributed by atoms with Gasteiger partial charge in [-0.25, -0.2) is 14.2 Å². The van der Waals surface area contributed by atoms with Crippen LogP contribution in [0.15, 0.2) is 40.1 Å². The number of halogens is 1. The third-order valence-electron chi connectivity index (χ3n) is 4.80. The Morgan fingerprint density at radius 2 is 2.03 bits per heavy atom. The number of aromatic amines is 1. The van der Waals surface area contributed by atoms with Crippen LogP contribution >= 0.6 is 11.3 Å². The highest BCUT2D eigenvalue weighted by molar-refractivity contribution is 7.11. The number of nitrogens with one attached hydrogen (secondary N) is 1. The summed E-state index contributed by atoms with van der Waals surface area (Å²) in [4.78, 5) is 34.3. The monoisotopic (exact) mass is 446 g/mol. The summed E-state index contributed by atoms with van der Waals surface area (Å²) in [6.07, 6.45) is 2.01. The smallest absolute Gasteiger partial charge is 0.396 e. The molecule has 11 heteroatoms. The number of hydrogen-bond donors (Lipinski definition) is 2. The minimum atomic E-state index is -0.502. The van der Waals surface area contributed by atoms with Crippen LogP contribution in [0.5, 0.6) is 11.8 Å². The normalized spacial score (nSPS) is 11.4. The maximum atomic E-state index is 13.3. The minimum absolute atomic E-state index is 0.0909. The Balaban J connectivity index is 1.92. The highest BCUT2D eigenvalue weighted by Gasteiger charge is 2.29. The van der Waals surface area contributed by atoms with Gasteiger partial charge in [-0.1, -0.05) is 0 Å². The summed E-state index contributed by atoms with van der Waals surface area (Å²) >= 11 is 1.48. The van der Waals surface area contributed by atoms with E-state index in [1.165, 1.54) is 40.2 Å². The second-order valence-corrected chi connectivity index (χ2v) is 8.33. The Morgan fingerprint density at radius 3 is 2.68 bits per heavy atom. The molecule has 0 fully saturated rings. The Hall–Kier alpha value is -3.31. The lowest BCUT2D eigenvalue weighted by Crippen LogP contribution is -2.45. The van der Waals surface area contributed by atoms with Crippen LogP contribution < -0.4 is 20.6 Å². The van der Waals surface area contributed by atoms with E-state index >= 15 is 0 Å². The van der Waals surface area contributed by atoms with E-state index in [-0.39, 0.29) is 37.6 Å². The van der Waals surface area contributed by atoms with Crippen LogP contribution in [-0.4, -0.2) is 30.8 Å². The average Bonchev–Trinajstić information content (AvgIpc) is 3.32. The third-order valence-corrected chi connectivity index (χ3v) is 5.69. The van der Waals surface area contributed by atoms with Crippen molar-refractivity contribution in [2.45, 2.75) is 26.4 Å². The van der Waals surface area contributed by atoms with Gasteiger partial charge in [0.15, 0.2) is 0 Å². The molecule has 4 rings (SSSR count). The SMILES string of the molecule is Cc1cnc(C[n+]2c(Oc3ccc(F)cc3)[nH]c3c2c(=O)n(CCCO)c(=O)n3C)s1. The van der Waals surface area contributed by atoms with Crippen LogP contribution in [0.3, 0.4) is 0 Å². The van der Waals surface area contributed by atoms with Crippen LogP contribution in [0.25, 0.3) is 11.2 Å². The molecule has 0 unspecified atom stereocenters. The Morgan fingerprint density at radius 1 is 1.29 bits per heavy atom. The number of rotatable bonds is 7. The zero-order valence-corrected chi connectivity index (χ0v) is 17.8. The second kappa shape index (κ2) is 8.44. The molecule has 9 nitrogen and oxygen atoms in total. The molecule has 1 aromatic carbocycles. The van der Waals surface area contributed by atoms with Crippen LogP contribution in [0.4, 0.5) is 4.39 Å². The fraction of sp³-hybridized carbons (Fsp3) is 0.300. The average molecular weight is 446 g/mol. The molecule has 0 radical (unpaired) electrons. The number of nitrogens with zero attached hydrogens (tertiary/aromatic N) is 4. The number of aliphatic hydroxyl groups is 1. The van der Waals surface area contributed by atoms with Gasteiger partial charge in [0, 0.05) is 31.3 Å². The van der Waals surface area contributed by atoms with Crippen LogP contribution in [0, 0.1) is 12.7 Å². The first-order chi connectivity index (χ1) is 14.9. The number of H-pyrrole nitrogens is 1. The highest BCUT2D eigenvalue weighted by Crippen LogP contribution is 2.21. The molecule has 0 aliphatic carbocycles. The topological polar surface area (TPSA) is 106 Å². The molecule has 0 spiro atoms. The Labute approximate surface area is 179 Å². The van der Waals surface area contributed by atoms with E-state index in [2.05, 4.69) is 9.97 Å². The Kier molecular flexibility index (Phi) is 5.70. The number of aryl methyl sites for hydroxylation is 2. The molecule has 2 N–H and O–H groups in total. The molecule has 3 aromatic heterocycles. The lowest BCUT2D eigenvalue weighted by molar-refractivity contribution is -0.667. The molecule has 4 aromatic rings. The summed E-state index contributed by atoms with van der Waals surface area (Å²) in [7, 11) is 1.55. The van der Waals surface area contributed by atoms with Crippen molar-refractivity contribution in [2.75, 3.05) is 6.61 Å². The molecule has 0 amide bonds. The molecule has 0 saturated carbocycles. The Bertz CT molecular complexity index is 1350. The summed E-state index contributed by atoms with van der Waals surface area (Å²) in [6.45, 7) is 2.12. The van der Waals surface area contributed by atoms with Crippen molar-refractivity contribution in [3.63, 3.8) is 0 Å². The fourth-order valence-corrected chi connectivity index (χ4v) is 4.07. The van der Waals surface area contributed by atoms with Crippen molar-refractivity contribution < 1.29 is 18.8 Å². The zero-order chi connectivity index (χ0) is 22.1. The van der Waals surface area contributed by atoms with E-state index in [1.807, 2.05) is 6.92 Å². The molecular formula is C20H21FN5O4S+. The second-order valence-electron chi connectivity index (χ2n) is 7.01. The minimum Gasteiger partial charge on any atom is -0.396 e. The summed E-state index contributed by atoms with van der Waals surface area (Å²) in [6, 6.07) is 5.68. The van der Waals surface area contributed by atoms with Gasteiger partial charge < -0.3 is 9.84 Å². The molecule has 162 valence electrons. The largest absolute Gasteiger partial charge is 0.462 e. The number of aromatic nitrogens is 5. The van der Waals surface area contributed by atoms with Crippen molar-refractivity contribution in [2.24, 2.45) is 7.05 Å². The predicted molar refractivity (Wildman–Crippen MR) is 112 cm³/mol. The molecule has 0 aliphatic heterocycles. The van der Waals surface area contributed by atoms with E-state index in [1.54, 1.807) is 17.8 Å². The van der Waals surface area contributed by atoms with Gasteiger partial charge in [-0.3, -0.25) is 13.9 Å². The van der Waals surface area contributed by atoms with Gasteiger partial charge in [0.1, 0.15) is 23.1 Å². The first-order valence-corrected chi connectivity index (χ1v) is 10.4. The van der Waals surface area contributed by atoms with E-state index in [0.29, 0.717) is 11.4 Å². The number of aliphatic hydroxyl groups excluding tert-OH is 1. The standard InChI is InChI=1S/C20H20FN5O4S/c1-12-10-22-15(31-12)11-26-16-17(23-19(26)30-14-6-4-13(21)5-7-14)24(2)20(29)25(18(16)28)8-3-9-27/h4-7,10,27H,3,8-9,11H2,1-2H3/p+1. The molecule has 0 bridgehead atoms. The zero-order valence-electron chi connectivity index (χ0n) is 17.0. The quantitative estimate of drug-likeness (QED) is 0.418. The van der Waals surface area contributed by atoms with Crippen molar-refractivity contribution in [3.8, 4) is 11.8 Å². The third kappa shape index (κ3) is 4.01. The summed E-state index contributed by atoms with van der Waals surface area (Å²) < 4.78 is 23.2. The van der Waals surface area contributed by atoms with Gasteiger partial charge in [0.25, 0.3) is 11.2 Å². The highest BCUT2D eigenvalue weighted by atomic mass is 32.1. The first kappa shape index (κ1) is 20.9.